The van der Waals surface area contributed by atoms with Crippen molar-refractivity contribution in [3.8, 4) is 0 Å². The van der Waals surface area contributed by atoms with Crippen LogP contribution < -0.4 is 15.1 Å². The maximum Gasteiger partial charge on any atom is 0.322 e. The lowest BCUT2D eigenvalue weighted by Crippen LogP contribution is -2.50. The minimum absolute atomic E-state index is 0.0342. The second-order valence-corrected chi connectivity index (χ2v) is 7.02. The van der Waals surface area contributed by atoms with Gasteiger partial charge in [0.1, 0.15) is 0 Å². The van der Waals surface area contributed by atoms with Crippen LogP contribution in [0.25, 0.3) is 0 Å². The molecule has 3 heterocycles. The number of urea groups is 1. The molecule has 142 valence electrons. The third-order valence-electron chi connectivity index (χ3n) is 5.24. The smallest absolute Gasteiger partial charge is 0.322 e. The van der Waals surface area contributed by atoms with Gasteiger partial charge in [0, 0.05) is 51.7 Å². The van der Waals surface area contributed by atoms with Crippen LogP contribution in [0.3, 0.4) is 0 Å². The van der Waals surface area contributed by atoms with Gasteiger partial charge in [-0.1, -0.05) is 12.1 Å². The largest absolute Gasteiger partial charge is 0.370 e. The van der Waals surface area contributed by atoms with E-state index in [0.29, 0.717) is 13.1 Å². The summed E-state index contributed by atoms with van der Waals surface area (Å²) >= 11 is 0. The van der Waals surface area contributed by atoms with Gasteiger partial charge in [-0.15, -0.1) is 0 Å². The van der Waals surface area contributed by atoms with Gasteiger partial charge in [0.2, 0.25) is 5.95 Å². The van der Waals surface area contributed by atoms with Crippen LogP contribution in [-0.4, -0.2) is 60.2 Å². The maximum atomic E-state index is 12.8. The molecule has 0 saturated carbocycles. The number of carbonyl (C=O) groups excluding carboxylic acids is 1. The molecule has 1 N–H and O–H groups in total. The zero-order valence-electron chi connectivity index (χ0n) is 15.5. The van der Waals surface area contributed by atoms with Gasteiger partial charge in [-0.2, -0.15) is 0 Å². The Labute approximate surface area is 160 Å². The van der Waals surface area contributed by atoms with Crippen LogP contribution in [0.4, 0.5) is 22.1 Å². The number of rotatable bonds is 3. The van der Waals surface area contributed by atoms with Crippen molar-refractivity contribution in [2.24, 2.45) is 0 Å². The number of carbonyl (C=O) groups is 1. The lowest BCUT2D eigenvalue weighted by Gasteiger charge is -2.35. The number of aromatic nitrogens is 2. The van der Waals surface area contributed by atoms with Gasteiger partial charge >= 0.3 is 6.03 Å². The van der Waals surface area contributed by atoms with Crippen LogP contribution in [0.5, 0.6) is 0 Å². The van der Waals surface area contributed by atoms with E-state index in [-0.39, 0.29) is 6.03 Å². The number of hydrogen-bond acceptors (Lipinski definition) is 5. The molecule has 1 aromatic heterocycles. The predicted octanol–water partition coefficient (Wildman–Crippen LogP) is 2.82. The molecule has 4 rings (SSSR count). The molecule has 0 atom stereocenters. The molecule has 2 fully saturated rings. The summed E-state index contributed by atoms with van der Waals surface area (Å²) in [6.07, 6.45) is 7.22. The second kappa shape index (κ2) is 8.24. The van der Waals surface area contributed by atoms with E-state index in [4.69, 9.17) is 0 Å². The van der Waals surface area contributed by atoms with Gasteiger partial charge in [0.25, 0.3) is 0 Å². The molecule has 2 amide bonds. The number of benzene rings is 1. The van der Waals surface area contributed by atoms with Crippen LogP contribution >= 0.6 is 0 Å². The van der Waals surface area contributed by atoms with Crippen LogP contribution in [0, 0.1) is 0 Å². The van der Waals surface area contributed by atoms with Gasteiger partial charge in [-0.3, -0.25) is 0 Å². The van der Waals surface area contributed by atoms with E-state index >= 15 is 0 Å². The molecule has 0 bridgehead atoms. The number of amides is 2. The molecule has 27 heavy (non-hydrogen) atoms. The third-order valence-corrected chi connectivity index (χ3v) is 5.24. The van der Waals surface area contributed by atoms with Crippen molar-refractivity contribution in [2.75, 3.05) is 54.4 Å². The van der Waals surface area contributed by atoms with Gasteiger partial charge in [0.15, 0.2) is 0 Å². The number of hydrogen-bond donors (Lipinski definition) is 1. The number of piperidine rings is 1. The second-order valence-electron chi connectivity index (χ2n) is 7.02. The molecule has 2 aromatic rings. The topological polar surface area (TPSA) is 64.6 Å². The van der Waals surface area contributed by atoms with Gasteiger partial charge in [-0.05, 0) is 37.5 Å². The quantitative estimate of drug-likeness (QED) is 0.905. The summed E-state index contributed by atoms with van der Waals surface area (Å²) in [5.74, 6) is 0.730. The highest BCUT2D eigenvalue weighted by atomic mass is 16.2. The average Bonchev–Trinajstić information content (AvgIpc) is 2.75. The number of para-hydroxylation sites is 2. The van der Waals surface area contributed by atoms with Crippen molar-refractivity contribution in [3.05, 3.63) is 42.7 Å². The zero-order chi connectivity index (χ0) is 18.5. The van der Waals surface area contributed by atoms with Crippen molar-refractivity contribution >= 4 is 23.4 Å². The Kier molecular flexibility index (Phi) is 5.37. The Morgan fingerprint density at radius 3 is 2.26 bits per heavy atom. The fraction of sp³-hybridized carbons (Fsp3) is 0.450. The first-order valence-corrected chi connectivity index (χ1v) is 9.73. The SMILES string of the molecule is O=C(Nc1ccccc1N1CCCCC1)N1CCN(c2ncccn2)CC1. The molecular formula is C20H26N6O. The Bertz CT molecular complexity index is 754. The van der Waals surface area contributed by atoms with E-state index < -0.39 is 0 Å². The number of nitrogens with one attached hydrogen (secondary N) is 1. The fourth-order valence-corrected chi connectivity index (χ4v) is 3.75. The van der Waals surface area contributed by atoms with Gasteiger partial charge < -0.3 is 20.0 Å². The van der Waals surface area contributed by atoms with Crippen LogP contribution in [0.15, 0.2) is 42.7 Å². The molecule has 0 aliphatic carbocycles. The number of anilines is 3. The molecule has 0 spiro atoms. The number of nitrogens with zero attached hydrogens (tertiary/aromatic N) is 5. The first-order chi connectivity index (χ1) is 13.3. The van der Waals surface area contributed by atoms with Crippen LogP contribution in [0.2, 0.25) is 0 Å². The molecule has 1 aromatic carbocycles. The number of piperazine rings is 1. The van der Waals surface area contributed by atoms with E-state index in [1.54, 1.807) is 12.4 Å². The summed E-state index contributed by atoms with van der Waals surface area (Å²) in [4.78, 5) is 27.7. The maximum absolute atomic E-state index is 12.8. The van der Waals surface area contributed by atoms with Crippen LogP contribution in [-0.2, 0) is 0 Å². The minimum Gasteiger partial charge on any atom is -0.370 e. The lowest BCUT2D eigenvalue weighted by molar-refractivity contribution is 0.208. The summed E-state index contributed by atoms with van der Waals surface area (Å²) in [7, 11) is 0. The average molecular weight is 366 g/mol. The Balaban J connectivity index is 1.37. The first-order valence-electron chi connectivity index (χ1n) is 9.73. The van der Waals surface area contributed by atoms with E-state index in [1.165, 1.54) is 19.3 Å². The molecule has 7 nitrogen and oxygen atoms in total. The standard InChI is InChI=1S/C20H26N6O/c27-20(26-15-13-25(14-16-26)19-21-9-6-10-22-19)23-17-7-2-3-8-18(17)24-11-4-1-5-12-24/h2-3,6-10H,1,4-5,11-16H2,(H,23,27). The molecule has 7 heteroatoms. The molecular weight excluding hydrogens is 340 g/mol. The van der Waals surface area contributed by atoms with Crippen molar-refractivity contribution in [3.63, 3.8) is 0 Å². The highest BCUT2D eigenvalue weighted by Gasteiger charge is 2.23. The van der Waals surface area contributed by atoms with E-state index in [9.17, 15) is 4.79 Å². The normalized spacial score (nSPS) is 17.7. The monoisotopic (exact) mass is 366 g/mol. The van der Waals surface area contributed by atoms with Gasteiger partial charge in [-0.25, -0.2) is 14.8 Å². The Hall–Kier alpha value is -2.83. The Morgan fingerprint density at radius 1 is 0.815 bits per heavy atom. The predicted molar refractivity (Wildman–Crippen MR) is 107 cm³/mol. The first kappa shape index (κ1) is 17.6. The highest BCUT2D eigenvalue weighted by Crippen LogP contribution is 2.28. The molecule has 2 aliphatic heterocycles. The summed E-state index contributed by atoms with van der Waals surface area (Å²) in [6, 6.07) is 9.90. The minimum atomic E-state index is -0.0342. The Morgan fingerprint density at radius 2 is 1.52 bits per heavy atom. The summed E-state index contributed by atoms with van der Waals surface area (Å²) in [6.45, 7) is 4.92. The van der Waals surface area contributed by atoms with Crippen molar-refractivity contribution < 1.29 is 4.79 Å². The fourth-order valence-electron chi connectivity index (χ4n) is 3.75. The van der Waals surface area contributed by atoms with E-state index in [0.717, 1.165) is 43.5 Å². The van der Waals surface area contributed by atoms with E-state index in [2.05, 4.69) is 31.2 Å². The highest BCUT2D eigenvalue weighted by molar-refractivity contribution is 5.93. The van der Waals surface area contributed by atoms with Crippen LogP contribution in [0.1, 0.15) is 19.3 Å². The molecule has 0 unspecified atom stereocenters. The summed E-state index contributed by atoms with van der Waals surface area (Å²) < 4.78 is 0. The third kappa shape index (κ3) is 4.13. The summed E-state index contributed by atoms with van der Waals surface area (Å²) in [5, 5.41) is 3.13. The van der Waals surface area contributed by atoms with Crippen molar-refractivity contribution in [2.45, 2.75) is 19.3 Å². The molecule has 2 aliphatic rings. The van der Waals surface area contributed by atoms with Crippen molar-refractivity contribution in [1.29, 1.82) is 0 Å². The van der Waals surface area contributed by atoms with Crippen molar-refractivity contribution in [1.82, 2.24) is 14.9 Å². The summed E-state index contributed by atoms with van der Waals surface area (Å²) in [5.41, 5.74) is 2.03. The lowest BCUT2D eigenvalue weighted by atomic mass is 10.1. The zero-order valence-corrected chi connectivity index (χ0v) is 15.5. The van der Waals surface area contributed by atoms with E-state index in [1.807, 2.05) is 29.2 Å². The molecule has 2 saturated heterocycles. The van der Waals surface area contributed by atoms with Gasteiger partial charge in [0.05, 0.1) is 11.4 Å². The molecule has 0 radical (unpaired) electrons.